The topological polar surface area (TPSA) is 41.6 Å². The molecule has 4 nitrogen and oxygen atoms in total. The first-order valence-electron chi connectivity index (χ1n) is 10.4. The molecule has 5 heteroatoms. The predicted octanol–water partition coefficient (Wildman–Crippen LogP) is 6.80. The molecule has 1 N–H and O–H groups in total. The lowest BCUT2D eigenvalue weighted by Crippen LogP contribution is -2.43. The number of anilines is 2. The van der Waals surface area contributed by atoms with Gasteiger partial charge in [-0.3, -0.25) is 9.69 Å². The normalized spacial score (nSPS) is 15.1. The van der Waals surface area contributed by atoms with Crippen LogP contribution in [-0.2, 0) is 6.61 Å². The van der Waals surface area contributed by atoms with Gasteiger partial charge in [-0.15, -0.1) is 0 Å². The summed E-state index contributed by atoms with van der Waals surface area (Å²) in [6.45, 7) is 0.513. The van der Waals surface area contributed by atoms with Crippen molar-refractivity contribution in [2.75, 3.05) is 10.2 Å². The van der Waals surface area contributed by atoms with Crippen LogP contribution in [-0.4, -0.2) is 5.91 Å². The summed E-state index contributed by atoms with van der Waals surface area (Å²) in [6, 6.07) is 33.4. The summed E-state index contributed by atoms with van der Waals surface area (Å²) in [5.74, 6) is 0.756. The zero-order valence-electron chi connectivity index (χ0n) is 17.2. The summed E-state index contributed by atoms with van der Waals surface area (Å²) in [7, 11) is 0. The van der Waals surface area contributed by atoms with Crippen LogP contribution in [0.3, 0.4) is 0 Å². The molecule has 0 radical (unpaired) electrons. The van der Waals surface area contributed by atoms with Gasteiger partial charge in [0.25, 0.3) is 5.91 Å². The highest BCUT2D eigenvalue weighted by molar-refractivity contribution is 9.10. The van der Waals surface area contributed by atoms with Gasteiger partial charge in [-0.1, -0.05) is 70.5 Å². The van der Waals surface area contributed by atoms with E-state index in [1.165, 1.54) is 0 Å². The number of carbonyl (C=O) groups excluding carboxylic acids is 1. The van der Waals surface area contributed by atoms with Gasteiger partial charge in [-0.2, -0.15) is 0 Å². The summed E-state index contributed by atoms with van der Waals surface area (Å²) >= 11 is 3.48. The Morgan fingerprint density at radius 1 is 0.812 bits per heavy atom. The molecule has 1 aliphatic heterocycles. The fourth-order valence-electron chi connectivity index (χ4n) is 3.84. The van der Waals surface area contributed by atoms with Crippen LogP contribution < -0.4 is 15.0 Å². The van der Waals surface area contributed by atoms with E-state index in [1.54, 1.807) is 4.90 Å². The number of carbonyl (C=O) groups is 1. The second kappa shape index (κ2) is 8.89. The number of nitrogens with zero attached hydrogens (tertiary/aromatic N) is 1. The number of fused-ring (bicyclic) bond motifs is 1. The minimum absolute atomic E-state index is 0.0314. The van der Waals surface area contributed by atoms with Crippen LogP contribution in [0.15, 0.2) is 108 Å². The molecule has 32 heavy (non-hydrogen) atoms. The maximum atomic E-state index is 13.5. The Labute approximate surface area is 195 Å². The fraction of sp³-hybridized carbons (Fsp3) is 0.0741. The Hall–Kier alpha value is -3.57. The van der Waals surface area contributed by atoms with Gasteiger partial charge in [0, 0.05) is 15.8 Å². The second-order valence-corrected chi connectivity index (χ2v) is 8.50. The van der Waals surface area contributed by atoms with Crippen molar-refractivity contribution in [2.45, 2.75) is 12.8 Å². The van der Waals surface area contributed by atoms with Crippen LogP contribution in [0.25, 0.3) is 0 Å². The van der Waals surface area contributed by atoms with Crippen LogP contribution in [0.4, 0.5) is 11.4 Å². The molecule has 1 aliphatic rings. The van der Waals surface area contributed by atoms with Crippen LogP contribution in [0.1, 0.15) is 27.7 Å². The van der Waals surface area contributed by atoms with Crippen LogP contribution in [0.5, 0.6) is 5.75 Å². The first-order valence-corrected chi connectivity index (χ1v) is 11.2. The van der Waals surface area contributed by atoms with Crippen molar-refractivity contribution in [1.29, 1.82) is 0 Å². The summed E-state index contributed by atoms with van der Waals surface area (Å²) in [5.41, 5.74) is 4.42. The second-order valence-electron chi connectivity index (χ2n) is 7.59. The average Bonchev–Trinajstić information content (AvgIpc) is 2.84. The molecule has 0 aromatic heterocycles. The number of hydrogen-bond donors (Lipinski definition) is 1. The monoisotopic (exact) mass is 484 g/mol. The lowest BCUT2D eigenvalue weighted by molar-refractivity contribution is 0.0975. The highest BCUT2D eigenvalue weighted by Gasteiger charge is 2.33. The number of hydrogen-bond acceptors (Lipinski definition) is 3. The first-order chi connectivity index (χ1) is 15.7. The fourth-order valence-corrected chi connectivity index (χ4v) is 4.11. The number of nitrogens with one attached hydrogen (secondary N) is 1. The molecule has 0 aliphatic carbocycles. The van der Waals surface area contributed by atoms with Gasteiger partial charge in [-0.25, -0.2) is 0 Å². The van der Waals surface area contributed by atoms with Gasteiger partial charge < -0.3 is 10.1 Å². The minimum Gasteiger partial charge on any atom is -0.489 e. The number of benzene rings is 4. The molecule has 4 aromatic carbocycles. The van der Waals surface area contributed by atoms with E-state index >= 15 is 0 Å². The van der Waals surface area contributed by atoms with Crippen molar-refractivity contribution in [2.24, 2.45) is 0 Å². The quantitative estimate of drug-likeness (QED) is 0.338. The van der Waals surface area contributed by atoms with Crippen LogP contribution >= 0.6 is 15.9 Å². The van der Waals surface area contributed by atoms with Crippen molar-refractivity contribution in [3.63, 3.8) is 0 Å². The van der Waals surface area contributed by atoms with Gasteiger partial charge in [0.2, 0.25) is 0 Å². The third-order valence-electron chi connectivity index (χ3n) is 5.48. The Kier molecular flexibility index (Phi) is 5.65. The van der Waals surface area contributed by atoms with Crippen molar-refractivity contribution in [1.82, 2.24) is 0 Å². The summed E-state index contributed by atoms with van der Waals surface area (Å²) in [4.78, 5) is 15.3. The van der Waals surface area contributed by atoms with Gasteiger partial charge in [0.05, 0.1) is 5.56 Å². The maximum absolute atomic E-state index is 13.5. The van der Waals surface area contributed by atoms with E-state index in [0.29, 0.717) is 12.2 Å². The lowest BCUT2D eigenvalue weighted by atomic mass is 10.0. The SMILES string of the molecule is O=C1c2ccccc2NC(c2ccc(OCc3ccccc3)cc2)N1c1ccc(Br)cc1. The molecule has 5 rings (SSSR count). The highest BCUT2D eigenvalue weighted by Crippen LogP contribution is 2.37. The number of para-hydroxylation sites is 1. The highest BCUT2D eigenvalue weighted by atomic mass is 79.9. The van der Waals surface area contributed by atoms with E-state index in [9.17, 15) is 4.79 Å². The molecule has 0 fully saturated rings. The van der Waals surface area contributed by atoms with Crippen molar-refractivity contribution in [3.05, 3.63) is 124 Å². The zero-order valence-corrected chi connectivity index (χ0v) is 18.8. The van der Waals surface area contributed by atoms with E-state index in [0.717, 1.165) is 32.7 Å². The standard InChI is InChI=1S/C27H21BrN2O2/c28-21-12-14-22(15-13-21)30-26(29-25-9-5-4-8-24(25)27(30)31)20-10-16-23(17-11-20)32-18-19-6-2-1-3-7-19/h1-17,26,29H,18H2. The maximum Gasteiger partial charge on any atom is 0.262 e. The molecule has 0 bridgehead atoms. The van der Waals surface area contributed by atoms with Crippen LogP contribution in [0, 0.1) is 0 Å². The van der Waals surface area contributed by atoms with E-state index in [1.807, 2.05) is 103 Å². The Bertz CT molecular complexity index is 1220. The number of rotatable bonds is 5. The van der Waals surface area contributed by atoms with E-state index < -0.39 is 0 Å². The van der Waals surface area contributed by atoms with Crippen molar-refractivity contribution >= 4 is 33.2 Å². The molecule has 0 saturated carbocycles. The third kappa shape index (κ3) is 4.12. The zero-order chi connectivity index (χ0) is 21.9. The van der Waals surface area contributed by atoms with Gasteiger partial charge in [0.15, 0.2) is 0 Å². The number of amides is 1. The summed E-state index contributed by atoms with van der Waals surface area (Å²) in [6.07, 6.45) is -0.332. The van der Waals surface area contributed by atoms with Gasteiger partial charge in [-0.05, 0) is 59.7 Å². The molecule has 1 heterocycles. The molecule has 0 spiro atoms. The van der Waals surface area contributed by atoms with E-state index in [-0.39, 0.29) is 12.1 Å². The van der Waals surface area contributed by atoms with Crippen molar-refractivity contribution in [3.8, 4) is 5.75 Å². The smallest absolute Gasteiger partial charge is 0.262 e. The molecule has 1 amide bonds. The molecule has 158 valence electrons. The number of halogens is 1. The predicted molar refractivity (Wildman–Crippen MR) is 131 cm³/mol. The Balaban J connectivity index is 1.44. The largest absolute Gasteiger partial charge is 0.489 e. The molecular formula is C27H21BrN2O2. The van der Waals surface area contributed by atoms with E-state index in [2.05, 4.69) is 21.2 Å². The third-order valence-corrected chi connectivity index (χ3v) is 6.00. The molecule has 4 aromatic rings. The Morgan fingerprint density at radius 2 is 1.50 bits per heavy atom. The molecule has 1 unspecified atom stereocenters. The first kappa shape index (κ1) is 20.3. The number of ether oxygens (including phenoxy) is 1. The lowest BCUT2D eigenvalue weighted by Gasteiger charge is -2.38. The molecule has 0 saturated heterocycles. The minimum atomic E-state index is -0.332. The Morgan fingerprint density at radius 3 is 2.25 bits per heavy atom. The van der Waals surface area contributed by atoms with Gasteiger partial charge >= 0.3 is 0 Å². The molecule has 1 atom stereocenters. The van der Waals surface area contributed by atoms with E-state index in [4.69, 9.17) is 4.74 Å². The summed E-state index contributed by atoms with van der Waals surface area (Å²) in [5, 5.41) is 3.54. The average molecular weight is 485 g/mol. The van der Waals surface area contributed by atoms with Crippen molar-refractivity contribution < 1.29 is 9.53 Å². The molecular weight excluding hydrogens is 464 g/mol. The van der Waals surface area contributed by atoms with Gasteiger partial charge in [0.1, 0.15) is 18.5 Å². The summed E-state index contributed by atoms with van der Waals surface area (Å²) < 4.78 is 6.90. The van der Waals surface area contributed by atoms with Crippen LogP contribution in [0.2, 0.25) is 0 Å².